The SMILES string of the molecule is C=CC(=O)N(C)c1ccc(-c2ccc(CCC)cc2F)cc1. The average molecular weight is 297 g/mol. The minimum Gasteiger partial charge on any atom is -0.312 e. The van der Waals surface area contributed by atoms with Gasteiger partial charge in [-0.25, -0.2) is 4.39 Å². The van der Waals surface area contributed by atoms with Crippen molar-refractivity contribution in [3.63, 3.8) is 0 Å². The molecular formula is C19H20FNO. The number of aryl methyl sites for hydroxylation is 1. The molecule has 0 fully saturated rings. The summed E-state index contributed by atoms with van der Waals surface area (Å²) in [7, 11) is 1.68. The largest absolute Gasteiger partial charge is 0.312 e. The molecular weight excluding hydrogens is 277 g/mol. The van der Waals surface area contributed by atoms with Gasteiger partial charge < -0.3 is 4.90 Å². The van der Waals surface area contributed by atoms with Crippen molar-refractivity contribution in [3.8, 4) is 11.1 Å². The number of likely N-dealkylation sites (N-methyl/N-ethyl adjacent to an activating group) is 1. The number of halogens is 1. The summed E-state index contributed by atoms with van der Waals surface area (Å²) in [5.74, 6) is -0.392. The summed E-state index contributed by atoms with van der Waals surface area (Å²) >= 11 is 0. The summed E-state index contributed by atoms with van der Waals surface area (Å²) < 4.78 is 14.2. The van der Waals surface area contributed by atoms with Gasteiger partial charge in [0.1, 0.15) is 5.82 Å². The first kappa shape index (κ1) is 16.0. The van der Waals surface area contributed by atoms with E-state index in [9.17, 15) is 9.18 Å². The van der Waals surface area contributed by atoms with Gasteiger partial charge in [-0.05, 0) is 41.8 Å². The van der Waals surface area contributed by atoms with Crippen LogP contribution in [0.4, 0.5) is 10.1 Å². The first-order chi connectivity index (χ1) is 10.6. The predicted octanol–water partition coefficient (Wildman–Crippen LogP) is 4.59. The highest BCUT2D eigenvalue weighted by Crippen LogP contribution is 2.26. The van der Waals surface area contributed by atoms with E-state index in [-0.39, 0.29) is 11.7 Å². The molecule has 0 saturated heterocycles. The fraction of sp³-hybridized carbons (Fsp3) is 0.211. The van der Waals surface area contributed by atoms with Crippen LogP contribution in [0.25, 0.3) is 11.1 Å². The zero-order chi connectivity index (χ0) is 16.1. The fourth-order valence-electron chi connectivity index (χ4n) is 2.37. The van der Waals surface area contributed by atoms with E-state index in [0.29, 0.717) is 5.56 Å². The van der Waals surface area contributed by atoms with Gasteiger partial charge >= 0.3 is 0 Å². The van der Waals surface area contributed by atoms with E-state index in [1.165, 1.54) is 11.0 Å². The topological polar surface area (TPSA) is 20.3 Å². The van der Waals surface area contributed by atoms with Gasteiger partial charge in [0.2, 0.25) is 5.91 Å². The Hall–Kier alpha value is -2.42. The molecule has 2 rings (SSSR count). The van der Waals surface area contributed by atoms with Gasteiger partial charge in [0.25, 0.3) is 0 Å². The van der Waals surface area contributed by atoms with Crippen molar-refractivity contribution < 1.29 is 9.18 Å². The zero-order valence-electron chi connectivity index (χ0n) is 13.0. The van der Waals surface area contributed by atoms with Crippen LogP contribution < -0.4 is 4.90 Å². The van der Waals surface area contributed by atoms with Crippen molar-refractivity contribution in [2.75, 3.05) is 11.9 Å². The lowest BCUT2D eigenvalue weighted by molar-refractivity contribution is -0.113. The van der Waals surface area contributed by atoms with Crippen LogP contribution in [0.1, 0.15) is 18.9 Å². The number of anilines is 1. The van der Waals surface area contributed by atoms with Gasteiger partial charge in [0.15, 0.2) is 0 Å². The zero-order valence-corrected chi connectivity index (χ0v) is 13.0. The Balaban J connectivity index is 2.27. The van der Waals surface area contributed by atoms with Gasteiger partial charge in [0.05, 0.1) is 0 Å². The van der Waals surface area contributed by atoms with E-state index in [1.54, 1.807) is 25.2 Å². The molecule has 0 spiro atoms. The number of hydrogen-bond donors (Lipinski definition) is 0. The molecule has 2 aromatic carbocycles. The lowest BCUT2D eigenvalue weighted by Crippen LogP contribution is -2.23. The van der Waals surface area contributed by atoms with Crippen molar-refractivity contribution in [3.05, 3.63) is 66.5 Å². The summed E-state index contributed by atoms with van der Waals surface area (Å²) in [6.45, 7) is 5.54. The minimum atomic E-state index is -0.214. The van der Waals surface area contributed by atoms with Gasteiger partial charge in [0, 0.05) is 18.3 Å². The predicted molar refractivity (Wildman–Crippen MR) is 89.4 cm³/mol. The summed E-state index contributed by atoms with van der Waals surface area (Å²) in [6, 6.07) is 12.6. The Morgan fingerprint density at radius 1 is 1.23 bits per heavy atom. The van der Waals surface area contributed by atoms with Crippen molar-refractivity contribution in [2.24, 2.45) is 0 Å². The number of hydrogen-bond acceptors (Lipinski definition) is 1. The standard InChI is InChI=1S/C19H20FNO/c1-4-6-14-7-12-17(18(20)13-14)15-8-10-16(11-9-15)21(3)19(22)5-2/h5,7-13H,2,4,6H2,1,3H3. The summed E-state index contributed by atoms with van der Waals surface area (Å²) in [6.07, 6.45) is 3.14. The quantitative estimate of drug-likeness (QED) is 0.739. The van der Waals surface area contributed by atoms with Crippen LogP contribution in [0, 0.1) is 5.82 Å². The highest BCUT2D eigenvalue weighted by atomic mass is 19.1. The Kier molecular flexibility index (Phi) is 5.10. The molecule has 0 heterocycles. The number of benzene rings is 2. The Morgan fingerprint density at radius 3 is 2.45 bits per heavy atom. The average Bonchev–Trinajstić information content (AvgIpc) is 2.54. The molecule has 0 radical (unpaired) electrons. The molecule has 1 amide bonds. The third-order valence-electron chi connectivity index (χ3n) is 3.64. The number of nitrogens with zero attached hydrogens (tertiary/aromatic N) is 1. The van der Waals surface area contributed by atoms with Crippen LogP contribution in [-0.2, 0) is 11.2 Å². The van der Waals surface area contributed by atoms with Gasteiger partial charge in [-0.3, -0.25) is 4.79 Å². The molecule has 3 heteroatoms. The molecule has 0 aliphatic rings. The molecule has 0 aliphatic carbocycles. The maximum Gasteiger partial charge on any atom is 0.250 e. The second-order valence-corrected chi connectivity index (χ2v) is 5.21. The van der Waals surface area contributed by atoms with Gasteiger partial charge in [-0.2, -0.15) is 0 Å². The third kappa shape index (κ3) is 3.42. The smallest absolute Gasteiger partial charge is 0.250 e. The Labute approximate surface area is 130 Å². The van der Waals surface area contributed by atoms with Crippen molar-refractivity contribution in [1.82, 2.24) is 0 Å². The van der Waals surface area contributed by atoms with Gasteiger partial charge in [-0.15, -0.1) is 0 Å². The highest BCUT2D eigenvalue weighted by Gasteiger charge is 2.09. The van der Waals surface area contributed by atoms with Crippen LogP contribution in [0.15, 0.2) is 55.1 Å². The monoisotopic (exact) mass is 297 g/mol. The summed E-state index contributed by atoms with van der Waals surface area (Å²) in [5, 5.41) is 0. The lowest BCUT2D eigenvalue weighted by Gasteiger charge is -2.15. The second kappa shape index (κ2) is 7.03. The number of rotatable bonds is 5. The molecule has 0 unspecified atom stereocenters. The lowest BCUT2D eigenvalue weighted by atomic mass is 10.0. The van der Waals surface area contributed by atoms with Crippen LogP contribution >= 0.6 is 0 Å². The molecule has 2 nitrogen and oxygen atoms in total. The van der Waals surface area contributed by atoms with Crippen LogP contribution in [0.2, 0.25) is 0 Å². The highest BCUT2D eigenvalue weighted by molar-refractivity contribution is 6.00. The van der Waals surface area contributed by atoms with E-state index in [4.69, 9.17) is 0 Å². The van der Waals surface area contributed by atoms with Crippen LogP contribution in [0.3, 0.4) is 0 Å². The first-order valence-electron chi connectivity index (χ1n) is 7.35. The number of carbonyl (C=O) groups excluding carboxylic acids is 1. The third-order valence-corrected chi connectivity index (χ3v) is 3.64. The van der Waals surface area contributed by atoms with E-state index in [2.05, 4.69) is 13.5 Å². The Morgan fingerprint density at radius 2 is 1.91 bits per heavy atom. The molecule has 2 aromatic rings. The molecule has 0 saturated carbocycles. The first-order valence-corrected chi connectivity index (χ1v) is 7.35. The van der Waals surface area contributed by atoms with E-state index in [0.717, 1.165) is 29.7 Å². The molecule has 0 aromatic heterocycles. The molecule has 0 bridgehead atoms. The normalized spacial score (nSPS) is 10.3. The van der Waals surface area contributed by atoms with Crippen molar-refractivity contribution >= 4 is 11.6 Å². The van der Waals surface area contributed by atoms with Gasteiger partial charge in [-0.1, -0.05) is 44.2 Å². The molecule has 0 N–H and O–H groups in total. The molecule has 22 heavy (non-hydrogen) atoms. The molecule has 0 aliphatic heterocycles. The minimum absolute atomic E-state index is 0.178. The van der Waals surface area contributed by atoms with Crippen molar-refractivity contribution in [1.29, 1.82) is 0 Å². The van der Waals surface area contributed by atoms with E-state index < -0.39 is 0 Å². The fourth-order valence-corrected chi connectivity index (χ4v) is 2.37. The van der Waals surface area contributed by atoms with Crippen LogP contribution in [0.5, 0.6) is 0 Å². The molecule has 114 valence electrons. The summed E-state index contributed by atoms with van der Waals surface area (Å²) in [5.41, 5.74) is 3.13. The van der Waals surface area contributed by atoms with E-state index in [1.807, 2.05) is 24.3 Å². The maximum absolute atomic E-state index is 14.2. The Bertz CT molecular complexity index is 676. The van der Waals surface area contributed by atoms with Crippen LogP contribution in [-0.4, -0.2) is 13.0 Å². The maximum atomic E-state index is 14.2. The molecule has 0 atom stereocenters. The summed E-state index contributed by atoms with van der Waals surface area (Å²) in [4.78, 5) is 13.1. The van der Waals surface area contributed by atoms with Crippen molar-refractivity contribution in [2.45, 2.75) is 19.8 Å². The number of amides is 1. The number of carbonyl (C=O) groups is 1. The second-order valence-electron chi connectivity index (χ2n) is 5.21. The van der Waals surface area contributed by atoms with E-state index >= 15 is 0 Å².